The van der Waals surface area contributed by atoms with E-state index < -0.39 is 0 Å². The van der Waals surface area contributed by atoms with Crippen LogP contribution in [0.15, 0.2) is 36.7 Å². The van der Waals surface area contributed by atoms with E-state index >= 15 is 0 Å². The summed E-state index contributed by atoms with van der Waals surface area (Å²) in [6.45, 7) is 7.59. The van der Waals surface area contributed by atoms with Crippen molar-refractivity contribution in [2.45, 2.75) is 32.4 Å². The lowest BCUT2D eigenvalue weighted by Crippen LogP contribution is -2.37. The maximum absolute atomic E-state index is 5.96. The van der Waals surface area contributed by atoms with Crippen LogP contribution in [0, 0.1) is 0 Å². The molecule has 0 bridgehead atoms. The van der Waals surface area contributed by atoms with Crippen LogP contribution >= 0.6 is 11.6 Å². The molecule has 0 saturated carbocycles. The summed E-state index contributed by atoms with van der Waals surface area (Å²) < 4.78 is 5.91. The van der Waals surface area contributed by atoms with Crippen LogP contribution in [0.5, 0.6) is 0 Å². The van der Waals surface area contributed by atoms with Crippen molar-refractivity contribution in [1.82, 2.24) is 14.9 Å². The van der Waals surface area contributed by atoms with Crippen molar-refractivity contribution in [2.24, 2.45) is 0 Å². The highest BCUT2D eigenvalue weighted by Crippen LogP contribution is 2.24. The third kappa shape index (κ3) is 4.28. The van der Waals surface area contributed by atoms with Crippen molar-refractivity contribution in [3.8, 4) is 0 Å². The first-order valence-corrected chi connectivity index (χ1v) is 8.40. The number of halogens is 1. The Labute approximate surface area is 142 Å². The van der Waals surface area contributed by atoms with Crippen molar-refractivity contribution in [3.05, 3.63) is 58.6 Å². The molecule has 2 aromatic rings. The number of ether oxygens (including phenoxy) is 1. The van der Waals surface area contributed by atoms with E-state index in [2.05, 4.69) is 28.7 Å². The summed E-state index contributed by atoms with van der Waals surface area (Å²) in [7, 11) is 0. The molecule has 3 rings (SSSR count). The van der Waals surface area contributed by atoms with Gasteiger partial charge in [0.15, 0.2) is 0 Å². The van der Waals surface area contributed by atoms with Crippen LogP contribution in [-0.4, -0.2) is 34.6 Å². The van der Waals surface area contributed by atoms with Gasteiger partial charge < -0.3 is 4.74 Å². The van der Waals surface area contributed by atoms with Crippen molar-refractivity contribution in [3.63, 3.8) is 0 Å². The van der Waals surface area contributed by atoms with Crippen LogP contribution in [-0.2, 0) is 11.3 Å². The van der Waals surface area contributed by atoms with Gasteiger partial charge in [-0.3, -0.25) is 4.90 Å². The number of benzene rings is 1. The van der Waals surface area contributed by atoms with E-state index in [0.717, 1.165) is 42.7 Å². The Kier molecular flexibility index (Phi) is 5.26. The zero-order valence-corrected chi connectivity index (χ0v) is 14.3. The quantitative estimate of drug-likeness (QED) is 0.853. The van der Waals surface area contributed by atoms with Gasteiger partial charge in [0.25, 0.3) is 0 Å². The van der Waals surface area contributed by atoms with Gasteiger partial charge in [0, 0.05) is 48.5 Å². The molecule has 0 aliphatic carbocycles. The number of nitrogens with zero attached hydrogens (tertiary/aromatic N) is 3. The summed E-state index contributed by atoms with van der Waals surface area (Å²) in [6, 6.07) is 7.91. The fraction of sp³-hybridized carbons (Fsp3) is 0.444. The molecule has 1 aliphatic heterocycles. The van der Waals surface area contributed by atoms with Crippen LogP contribution in [0.2, 0.25) is 5.02 Å². The first-order valence-electron chi connectivity index (χ1n) is 8.02. The van der Waals surface area contributed by atoms with Gasteiger partial charge in [-0.2, -0.15) is 0 Å². The summed E-state index contributed by atoms with van der Waals surface area (Å²) >= 11 is 5.96. The van der Waals surface area contributed by atoms with Gasteiger partial charge in [-0.1, -0.05) is 37.6 Å². The van der Waals surface area contributed by atoms with Crippen LogP contribution in [0.1, 0.15) is 42.8 Å². The zero-order chi connectivity index (χ0) is 16.2. The topological polar surface area (TPSA) is 38.2 Å². The monoisotopic (exact) mass is 331 g/mol. The van der Waals surface area contributed by atoms with Gasteiger partial charge in [0.2, 0.25) is 0 Å². The van der Waals surface area contributed by atoms with Crippen molar-refractivity contribution < 1.29 is 4.74 Å². The van der Waals surface area contributed by atoms with Crippen LogP contribution in [0.4, 0.5) is 0 Å². The molecule has 0 unspecified atom stereocenters. The molecule has 0 N–H and O–H groups in total. The van der Waals surface area contributed by atoms with Gasteiger partial charge in [0.05, 0.1) is 12.7 Å². The van der Waals surface area contributed by atoms with Gasteiger partial charge in [-0.25, -0.2) is 9.97 Å². The molecule has 23 heavy (non-hydrogen) atoms. The minimum absolute atomic E-state index is 0.0943. The fourth-order valence-electron chi connectivity index (χ4n) is 2.73. The lowest BCUT2D eigenvalue weighted by atomic mass is 10.1. The Morgan fingerprint density at radius 3 is 2.57 bits per heavy atom. The Morgan fingerprint density at radius 1 is 1.22 bits per heavy atom. The highest BCUT2D eigenvalue weighted by Gasteiger charge is 2.22. The third-order valence-electron chi connectivity index (χ3n) is 4.04. The lowest BCUT2D eigenvalue weighted by molar-refractivity contribution is -0.0329. The highest BCUT2D eigenvalue weighted by atomic mass is 35.5. The molecule has 1 aliphatic rings. The van der Waals surface area contributed by atoms with E-state index in [-0.39, 0.29) is 6.10 Å². The van der Waals surface area contributed by atoms with Gasteiger partial charge in [-0.05, 0) is 17.7 Å². The Balaban J connectivity index is 1.63. The minimum Gasteiger partial charge on any atom is -0.371 e. The second-order valence-electron chi connectivity index (χ2n) is 6.25. The van der Waals surface area contributed by atoms with Crippen molar-refractivity contribution in [1.29, 1.82) is 0 Å². The molecule has 1 aromatic carbocycles. The molecule has 0 amide bonds. The van der Waals surface area contributed by atoms with Crippen LogP contribution in [0.25, 0.3) is 0 Å². The molecular weight excluding hydrogens is 310 g/mol. The Hall–Kier alpha value is -1.49. The van der Waals surface area contributed by atoms with Gasteiger partial charge in [-0.15, -0.1) is 0 Å². The van der Waals surface area contributed by atoms with E-state index in [4.69, 9.17) is 16.3 Å². The predicted molar refractivity (Wildman–Crippen MR) is 91.5 cm³/mol. The molecule has 1 atom stereocenters. The van der Waals surface area contributed by atoms with E-state index in [9.17, 15) is 0 Å². The molecule has 1 aromatic heterocycles. The number of morpholine rings is 1. The maximum atomic E-state index is 5.96. The average molecular weight is 332 g/mol. The van der Waals surface area contributed by atoms with Crippen LogP contribution in [0.3, 0.4) is 0 Å². The van der Waals surface area contributed by atoms with Gasteiger partial charge >= 0.3 is 0 Å². The molecule has 4 nitrogen and oxygen atoms in total. The molecule has 122 valence electrons. The number of hydrogen-bond donors (Lipinski definition) is 0. The zero-order valence-electron chi connectivity index (χ0n) is 13.6. The second kappa shape index (κ2) is 7.39. The number of aromatic nitrogens is 2. The molecule has 1 fully saturated rings. The Morgan fingerprint density at radius 2 is 1.91 bits per heavy atom. The maximum Gasteiger partial charge on any atom is 0.130 e. The van der Waals surface area contributed by atoms with E-state index in [1.165, 1.54) is 5.56 Å². The lowest BCUT2D eigenvalue weighted by Gasteiger charge is -2.33. The molecule has 0 spiro atoms. The summed E-state index contributed by atoms with van der Waals surface area (Å²) in [6.07, 6.45) is 3.97. The number of rotatable bonds is 4. The summed E-state index contributed by atoms with van der Waals surface area (Å²) in [5.74, 6) is 1.26. The molecule has 5 heteroatoms. The number of hydrogen-bond acceptors (Lipinski definition) is 4. The van der Waals surface area contributed by atoms with Crippen molar-refractivity contribution in [2.75, 3.05) is 19.7 Å². The largest absolute Gasteiger partial charge is 0.371 e. The first kappa shape index (κ1) is 16.4. The van der Waals surface area contributed by atoms with E-state index in [1.807, 2.05) is 36.7 Å². The predicted octanol–water partition coefficient (Wildman–Crippen LogP) is 3.83. The standard InChI is InChI=1S/C18H22ClN3O/c1-13(2)18-20-9-14(10-21-18)11-22-7-8-23-17(12-22)15-3-5-16(19)6-4-15/h3-6,9-10,13,17H,7-8,11-12H2,1-2H3/t17-/m1/s1. The fourth-order valence-corrected chi connectivity index (χ4v) is 2.85. The summed E-state index contributed by atoms with van der Waals surface area (Å²) in [5, 5.41) is 0.754. The third-order valence-corrected chi connectivity index (χ3v) is 4.29. The van der Waals surface area contributed by atoms with E-state index in [0.29, 0.717) is 5.92 Å². The van der Waals surface area contributed by atoms with Crippen molar-refractivity contribution >= 4 is 11.6 Å². The molecule has 1 saturated heterocycles. The minimum atomic E-state index is 0.0943. The SMILES string of the molecule is CC(C)c1ncc(CN2CCO[C@@H](c3ccc(Cl)cc3)C2)cn1. The Bertz CT molecular complexity index is 628. The van der Waals surface area contributed by atoms with Gasteiger partial charge in [0.1, 0.15) is 5.82 Å². The molecule has 0 radical (unpaired) electrons. The summed E-state index contributed by atoms with van der Waals surface area (Å²) in [5.41, 5.74) is 2.32. The van der Waals surface area contributed by atoms with Crippen LogP contribution < -0.4 is 0 Å². The smallest absolute Gasteiger partial charge is 0.130 e. The molecule has 2 heterocycles. The van der Waals surface area contributed by atoms with E-state index in [1.54, 1.807) is 0 Å². The normalized spacial score (nSPS) is 19.2. The highest BCUT2D eigenvalue weighted by molar-refractivity contribution is 6.30. The second-order valence-corrected chi connectivity index (χ2v) is 6.69. The first-order chi connectivity index (χ1) is 11.1. The average Bonchev–Trinajstić information content (AvgIpc) is 2.56. The summed E-state index contributed by atoms with van der Waals surface area (Å²) in [4.78, 5) is 11.3. The molecular formula is C18H22ClN3O.